The second-order valence-corrected chi connectivity index (χ2v) is 10.3. The monoisotopic (exact) mass is 640 g/mol. The predicted octanol–water partition coefficient (Wildman–Crippen LogP) is 4.88. The van der Waals surface area contributed by atoms with Crippen LogP contribution in [0.1, 0.15) is 55.8 Å². The number of rotatable bonds is 14. The number of unbranched alkanes of at least 4 members (excludes halogenated alkanes) is 1. The Bertz CT molecular complexity index is 1470. The number of hydrogen-bond acceptors (Lipinski definition) is 6. The van der Waals surface area contributed by atoms with Gasteiger partial charge in [-0.25, -0.2) is 9.59 Å². The molecule has 0 spiro atoms. The summed E-state index contributed by atoms with van der Waals surface area (Å²) in [5, 5.41) is 10.5. The number of carbonyl (C=O) groups excluding carboxylic acids is 5. The highest BCUT2D eigenvalue weighted by atomic mass is 19.4. The SMILES string of the molecule is CC(NC(=O)NCCCCC(=O)NCC(=O)NC(CC(=O)OC(=O)C(F)(F)F)c1ccc(-c2ccccc2)cc1)c1ccccc1. The Morgan fingerprint density at radius 1 is 0.717 bits per heavy atom. The van der Waals surface area contributed by atoms with Gasteiger partial charge in [-0.3, -0.25) is 14.4 Å². The minimum atomic E-state index is -5.36. The van der Waals surface area contributed by atoms with Gasteiger partial charge in [-0.2, -0.15) is 13.2 Å². The van der Waals surface area contributed by atoms with Gasteiger partial charge in [-0.1, -0.05) is 84.9 Å². The molecule has 0 aliphatic heterocycles. The summed E-state index contributed by atoms with van der Waals surface area (Å²) in [5.74, 6) is -5.30. The van der Waals surface area contributed by atoms with Crippen molar-refractivity contribution in [3.63, 3.8) is 0 Å². The number of ether oxygens (including phenoxy) is 1. The van der Waals surface area contributed by atoms with Gasteiger partial charge in [-0.05, 0) is 42.0 Å². The van der Waals surface area contributed by atoms with E-state index in [1.54, 1.807) is 24.3 Å². The van der Waals surface area contributed by atoms with Crippen molar-refractivity contribution in [1.82, 2.24) is 21.3 Å². The summed E-state index contributed by atoms with van der Waals surface area (Å²) in [5.41, 5.74) is 3.03. The third-order valence-electron chi connectivity index (χ3n) is 6.77. The first kappa shape index (κ1) is 35.3. The Balaban J connectivity index is 1.46. The molecule has 244 valence electrons. The molecule has 10 nitrogen and oxygen atoms in total. The van der Waals surface area contributed by atoms with Gasteiger partial charge in [0.1, 0.15) is 0 Å². The number of benzene rings is 3. The lowest BCUT2D eigenvalue weighted by Gasteiger charge is -2.19. The zero-order chi connectivity index (χ0) is 33.5. The Morgan fingerprint density at radius 3 is 1.96 bits per heavy atom. The number of esters is 2. The van der Waals surface area contributed by atoms with Crippen LogP contribution in [0.4, 0.5) is 18.0 Å². The van der Waals surface area contributed by atoms with Crippen LogP contribution in [0.2, 0.25) is 0 Å². The zero-order valence-electron chi connectivity index (χ0n) is 25.1. The zero-order valence-corrected chi connectivity index (χ0v) is 25.1. The standard InChI is InChI=1S/C33H35F3N4O6/c1-22(23-10-4-2-5-11-23)39-32(45)37-19-9-8-14-28(41)38-21-29(42)40-27(20-30(43)46-31(44)33(34,35)36)26-17-15-25(16-18-26)24-12-6-3-7-13-24/h2-7,10-13,15-18,22,27H,8-9,14,19-21H2,1H3,(H,38,41)(H,40,42)(H2,37,39,45). The summed E-state index contributed by atoms with van der Waals surface area (Å²) in [6.45, 7) is 1.73. The van der Waals surface area contributed by atoms with Gasteiger partial charge in [0.05, 0.1) is 25.0 Å². The third kappa shape index (κ3) is 12.1. The van der Waals surface area contributed by atoms with Crippen molar-refractivity contribution in [2.24, 2.45) is 0 Å². The number of urea groups is 1. The summed E-state index contributed by atoms with van der Waals surface area (Å²) < 4.78 is 41.6. The second-order valence-electron chi connectivity index (χ2n) is 10.3. The van der Waals surface area contributed by atoms with Crippen LogP contribution in [-0.2, 0) is 23.9 Å². The van der Waals surface area contributed by atoms with E-state index < -0.39 is 48.9 Å². The van der Waals surface area contributed by atoms with Crippen molar-refractivity contribution in [2.45, 2.75) is 50.9 Å². The Labute approximate surface area is 264 Å². The van der Waals surface area contributed by atoms with Crippen LogP contribution in [0.15, 0.2) is 84.9 Å². The molecule has 0 radical (unpaired) electrons. The second kappa shape index (κ2) is 17.3. The predicted molar refractivity (Wildman–Crippen MR) is 163 cm³/mol. The lowest BCUT2D eigenvalue weighted by Crippen LogP contribution is -2.40. The molecule has 46 heavy (non-hydrogen) atoms. The van der Waals surface area contributed by atoms with Crippen molar-refractivity contribution < 1.29 is 41.9 Å². The molecule has 4 N–H and O–H groups in total. The third-order valence-corrected chi connectivity index (χ3v) is 6.77. The number of amides is 4. The van der Waals surface area contributed by atoms with E-state index >= 15 is 0 Å². The number of halogens is 3. The highest BCUT2D eigenvalue weighted by Gasteiger charge is 2.42. The average molecular weight is 641 g/mol. The molecular weight excluding hydrogens is 605 g/mol. The van der Waals surface area contributed by atoms with Gasteiger partial charge in [0.25, 0.3) is 0 Å². The van der Waals surface area contributed by atoms with Crippen molar-refractivity contribution in [3.05, 3.63) is 96.1 Å². The number of nitrogens with one attached hydrogen (secondary N) is 4. The van der Waals surface area contributed by atoms with Crippen LogP contribution < -0.4 is 21.3 Å². The normalized spacial score (nSPS) is 12.3. The average Bonchev–Trinajstić information content (AvgIpc) is 3.03. The molecule has 0 fully saturated rings. The van der Waals surface area contributed by atoms with Gasteiger partial charge >= 0.3 is 24.1 Å². The largest absolute Gasteiger partial charge is 0.491 e. The van der Waals surface area contributed by atoms with E-state index in [-0.39, 0.29) is 18.5 Å². The van der Waals surface area contributed by atoms with Gasteiger partial charge < -0.3 is 26.0 Å². The maximum atomic E-state index is 12.6. The molecule has 3 aromatic rings. The molecule has 3 aromatic carbocycles. The van der Waals surface area contributed by atoms with Crippen LogP contribution >= 0.6 is 0 Å². The van der Waals surface area contributed by atoms with Crippen molar-refractivity contribution in [3.8, 4) is 11.1 Å². The van der Waals surface area contributed by atoms with Crippen molar-refractivity contribution in [1.29, 1.82) is 0 Å². The van der Waals surface area contributed by atoms with Crippen molar-refractivity contribution >= 4 is 29.8 Å². The topological polar surface area (TPSA) is 143 Å². The molecule has 4 amide bonds. The minimum absolute atomic E-state index is 0.0766. The quantitative estimate of drug-likeness (QED) is 0.112. The highest BCUT2D eigenvalue weighted by molar-refractivity contribution is 5.89. The van der Waals surface area contributed by atoms with E-state index in [2.05, 4.69) is 26.0 Å². The van der Waals surface area contributed by atoms with Gasteiger partial charge in [0.15, 0.2) is 0 Å². The first-order chi connectivity index (χ1) is 21.9. The van der Waals surface area contributed by atoms with E-state index in [1.165, 1.54) is 0 Å². The summed E-state index contributed by atoms with van der Waals surface area (Å²) >= 11 is 0. The molecule has 3 rings (SSSR count). The van der Waals surface area contributed by atoms with Crippen molar-refractivity contribution in [2.75, 3.05) is 13.1 Å². The van der Waals surface area contributed by atoms with Crippen LogP contribution in [0.3, 0.4) is 0 Å². The fourth-order valence-corrected chi connectivity index (χ4v) is 4.36. The molecular formula is C33H35F3N4O6. The molecule has 2 atom stereocenters. The maximum absolute atomic E-state index is 12.6. The van der Waals surface area contributed by atoms with Gasteiger partial charge in [-0.15, -0.1) is 0 Å². The Morgan fingerprint density at radius 2 is 1.33 bits per heavy atom. The number of alkyl halides is 3. The minimum Gasteiger partial charge on any atom is -0.386 e. The molecule has 0 saturated heterocycles. The Hall–Kier alpha value is -5.20. The van der Waals surface area contributed by atoms with E-state index in [0.717, 1.165) is 16.7 Å². The van der Waals surface area contributed by atoms with Crippen LogP contribution in [0.25, 0.3) is 11.1 Å². The summed E-state index contributed by atoms with van der Waals surface area (Å²) in [7, 11) is 0. The molecule has 13 heteroatoms. The number of carbonyl (C=O) groups is 5. The smallest absolute Gasteiger partial charge is 0.386 e. The van der Waals surface area contributed by atoms with E-state index in [1.807, 2.05) is 67.6 Å². The van der Waals surface area contributed by atoms with E-state index in [9.17, 15) is 37.1 Å². The molecule has 0 heterocycles. The first-order valence-corrected chi connectivity index (χ1v) is 14.5. The van der Waals surface area contributed by atoms with Crippen LogP contribution in [-0.4, -0.2) is 49.0 Å². The van der Waals surface area contributed by atoms with Gasteiger partial charge in [0, 0.05) is 13.0 Å². The molecule has 0 aliphatic carbocycles. The molecule has 0 bridgehead atoms. The summed E-state index contributed by atoms with van der Waals surface area (Å²) in [6, 6.07) is 23.7. The lowest BCUT2D eigenvalue weighted by molar-refractivity contribution is -0.202. The summed E-state index contributed by atoms with van der Waals surface area (Å²) in [6.07, 6.45) is -5.12. The van der Waals surface area contributed by atoms with Gasteiger partial charge in [0.2, 0.25) is 11.8 Å². The fourth-order valence-electron chi connectivity index (χ4n) is 4.36. The molecule has 0 aromatic heterocycles. The molecule has 2 unspecified atom stereocenters. The molecule has 0 saturated carbocycles. The van der Waals surface area contributed by atoms with E-state index in [0.29, 0.717) is 24.9 Å². The molecule has 0 aliphatic rings. The van der Waals surface area contributed by atoms with E-state index in [4.69, 9.17) is 0 Å². The summed E-state index contributed by atoms with van der Waals surface area (Å²) in [4.78, 5) is 60.3. The number of hydrogen-bond donors (Lipinski definition) is 4. The maximum Gasteiger partial charge on any atom is 0.491 e. The van der Waals surface area contributed by atoms with Crippen LogP contribution in [0, 0.1) is 0 Å². The lowest BCUT2D eigenvalue weighted by atomic mass is 9.99. The first-order valence-electron chi connectivity index (χ1n) is 14.5. The highest BCUT2D eigenvalue weighted by Crippen LogP contribution is 2.24. The fraction of sp³-hybridized carbons (Fsp3) is 0.303. The van der Waals surface area contributed by atoms with Crippen LogP contribution in [0.5, 0.6) is 0 Å². The Kier molecular flexibility index (Phi) is 13.3.